The molecule has 1 aromatic heterocycles. The van der Waals surface area contributed by atoms with Gasteiger partial charge in [-0.1, -0.05) is 30.3 Å². The zero-order valence-electron chi connectivity index (χ0n) is 13.9. The van der Waals surface area contributed by atoms with E-state index in [0.717, 1.165) is 37.3 Å². The van der Waals surface area contributed by atoms with Gasteiger partial charge in [0.15, 0.2) is 0 Å². The Morgan fingerprint density at radius 2 is 1.84 bits per heavy atom. The standard InChI is InChI=1S/C19H21N3O3/c23-18(15-8-9-17(20-13-15)22-10-4-5-11-22)21-16(19(24)25)12-14-6-2-1-3-7-14/h1-3,6-9,13,16H,4-5,10-12H2,(H,21,23)(H,24,25)/t16-/m1/s1. The average Bonchev–Trinajstić information content (AvgIpc) is 3.16. The summed E-state index contributed by atoms with van der Waals surface area (Å²) in [5.74, 6) is -0.629. The molecule has 0 unspecified atom stereocenters. The number of hydrogen-bond donors (Lipinski definition) is 2. The fourth-order valence-electron chi connectivity index (χ4n) is 2.95. The maximum Gasteiger partial charge on any atom is 0.326 e. The van der Waals surface area contributed by atoms with Gasteiger partial charge >= 0.3 is 5.97 Å². The number of carbonyl (C=O) groups is 2. The number of carboxylic acids is 1. The SMILES string of the molecule is O=C(N[C@H](Cc1ccccc1)C(=O)O)c1ccc(N2CCCC2)nc1. The van der Waals surface area contributed by atoms with E-state index < -0.39 is 17.9 Å². The number of carboxylic acid groups (broad SMARTS) is 1. The highest BCUT2D eigenvalue weighted by molar-refractivity contribution is 5.96. The molecule has 6 nitrogen and oxygen atoms in total. The van der Waals surface area contributed by atoms with E-state index >= 15 is 0 Å². The van der Waals surface area contributed by atoms with Crippen LogP contribution in [0.3, 0.4) is 0 Å². The molecule has 3 rings (SSSR count). The Morgan fingerprint density at radius 3 is 2.44 bits per heavy atom. The second-order valence-electron chi connectivity index (χ2n) is 6.15. The molecule has 1 fully saturated rings. The number of aromatic nitrogens is 1. The Balaban J connectivity index is 1.65. The molecule has 1 aliphatic rings. The molecule has 1 aromatic carbocycles. The Hall–Kier alpha value is -2.89. The van der Waals surface area contributed by atoms with Crippen molar-refractivity contribution in [3.8, 4) is 0 Å². The van der Waals surface area contributed by atoms with Crippen LogP contribution in [0.2, 0.25) is 0 Å². The van der Waals surface area contributed by atoms with Crippen molar-refractivity contribution in [2.24, 2.45) is 0 Å². The van der Waals surface area contributed by atoms with E-state index in [2.05, 4.69) is 15.2 Å². The number of nitrogens with zero attached hydrogens (tertiary/aromatic N) is 2. The van der Waals surface area contributed by atoms with Crippen molar-refractivity contribution in [3.05, 3.63) is 59.8 Å². The number of rotatable bonds is 6. The minimum absolute atomic E-state index is 0.237. The lowest BCUT2D eigenvalue weighted by Gasteiger charge is -2.17. The van der Waals surface area contributed by atoms with Crippen LogP contribution < -0.4 is 10.2 Å². The van der Waals surface area contributed by atoms with Crippen molar-refractivity contribution in [3.63, 3.8) is 0 Å². The van der Waals surface area contributed by atoms with Crippen LogP contribution in [0.5, 0.6) is 0 Å². The highest BCUT2D eigenvalue weighted by Crippen LogP contribution is 2.17. The molecule has 1 atom stereocenters. The summed E-state index contributed by atoms with van der Waals surface area (Å²) in [6.45, 7) is 1.97. The number of amides is 1. The molecule has 0 saturated carbocycles. The molecular weight excluding hydrogens is 318 g/mol. The summed E-state index contributed by atoms with van der Waals surface area (Å²) in [6.07, 6.45) is 4.05. The first-order chi connectivity index (χ1) is 12.1. The summed E-state index contributed by atoms with van der Waals surface area (Å²) in [4.78, 5) is 30.3. The van der Waals surface area contributed by atoms with Gasteiger partial charge in [0.1, 0.15) is 11.9 Å². The van der Waals surface area contributed by atoms with E-state index in [-0.39, 0.29) is 6.42 Å². The first-order valence-corrected chi connectivity index (χ1v) is 8.42. The normalized spacial score (nSPS) is 15.0. The second kappa shape index (κ2) is 7.79. The van der Waals surface area contributed by atoms with E-state index in [9.17, 15) is 14.7 Å². The van der Waals surface area contributed by atoms with Crippen molar-refractivity contribution in [2.75, 3.05) is 18.0 Å². The largest absolute Gasteiger partial charge is 0.480 e. The fraction of sp³-hybridized carbons (Fsp3) is 0.316. The highest BCUT2D eigenvalue weighted by Gasteiger charge is 2.21. The summed E-state index contributed by atoms with van der Waals surface area (Å²) in [5, 5.41) is 12.0. The van der Waals surface area contributed by atoms with Gasteiger partial charge in [0, 0.05) is 25.7 Å². The molecule has 2 aromatic rings. The van der Waals surface area contributed by atoms with Gasteiger partial charge in [-0.25, -0.2) is 9.78 Å². The van der Waals surface area contributed by atoms with E-state index in [1.807, 2.05) is 36.4 Å². The van der Waals surface area contributed by atoms with Crippen molar-refractivity contribution >= 4 is 17.7 Å². The molecular formula is C19H21N3O3. The molecule has 0 aliphatic carbocycles. The van der Waals surface area contributed by atoms with Crippen molar-refractivity contribution < 1.29 is 14.7 Å². The smallest absolute Gasteiger partial charge is 0.326 e. The number of aliphatic carboxylic acids is 1. The number of hydrogen-bond acceptors (Lipinski definition) is 4. The zero-order valence-corrected chi connectivity index (χ0v) is 13.9. The highest BCUT2D eigenvalue weighted by atomic mass is 16.4. The van der Waals surface area contributed by atoms with Crippen molar-refractivity contribution in [1.82, 2.24) is 10.3 Å². The van der Waals surface area contributed by atoms with Gasteiger partial charge < -0.3 is 15.3 Å². The van der Waals surface area contributed by atoms with Gasteiger partial charge in [-0.15, -0.1) is 0 Å². The number of anilines is 1. The molecule has 2 N–H and O–H groups in total. The van der Waals surface area contributed by atoms with E-state index in [0.29, 0.717) is 5.56 Å². The summed E-state index contributed by atoms with van der Waals surface area (Å²) in [7, 11) is 0. The Morgan fingerprint density at radius 1 is 1.12 bits per heavy atom. The van der Waals surface area contributed by atoms with E-state index in [1.54, 1.807) is 6.07 Å². The van der Waals surface area contributed by atoms with Crippen molar-refractivity contribution in [1.29, 1.82) is 0 Å². The van der Waals surface area contributed by atoms with Gasteiger partial charge in [-0.05, 0) is 30.5 Å². The molecule has 130 valence electrons. The summed E-state index contributed by atoms with van der Waals surface area (Å²) < 4.78 is 0. The first kappa shape index (κ1) is 17.0. The molecule has 0 radical (unpaired) electrons. The monoisotopic (exact) mass is 339 g/mol. The van der Waals surface area contributed by atoms with Crippen LogP contribution in [0, 0.1) is 0 Å². The molecule has 0 bridgehead atoms. The predicted molar refractivity (Wildman–Crippen MR) is 94.7 cm³/mol. The lowest BCUT2D eigenvalue weighted by molar-refractivity contribution is -0.139. The van der Waals surface area contributed by atoms with Crippen LogP contribution in [0.15, 0.2) is 48.7 Å². The quantitative estimate of drug-likeness (QED) is 0.842. The molecule has 0 spiro atoms. The minimum Gasteiger partial charge on any atom is -0.480 e. The average molecular weight is 339 g/mol. The second-order valence-corrected chi connectivity index (χ2v) is 6.15. The van der Waals surface area contributed by atoms with Gasteiger partial charge in [0.05, 0.1) is 5.56 Å². The summed E-state index contributed by atoms with van der Waals surface area (Å²) in [5.41, 5.74) is 1.22. The van der Waals surface area contributed by atoms with Crippen LogP contribution in [0.1, 0.15) is 28.8 Å². The summed E-state index contributed by atoms with van der Waals surface area (Å²) >= 11 is 0. The number of pyridine rings is 1. The van der Waals surface area contributed by atoms with Crippen molar-refractivity contribution in [2.45, 2.75) is 25.3 Å². The van der Waals surface area contributed by atoms with Gasteiger partial charge in [0.2, 0.25) is 0 Å². The molecule has 25 heavy (non-hydrogen) atoms. The topological polar surface area (TPSA) is 82.5 Å². The third-order valence-electron chi connectivity index (χ3n) is 4.33. The predicted octanol–water partition coefficient (Wildman–Crippen LogP) is 2.11. The third kappa shape index (κ3) is 4.35. The number of carbonyl (C=O) groups excluding carboxylic acids is 1. The maximum absolute atomic E-state index is 12.4. The lowest BCUT2D eigenvalue weighted by Crippen LogP contribution is -2.42. The molecule has 1 aliphatic heterocycles. The molecule has 6 heteroatoms. The number of benzene rings is 1. The van der Waals surface area contributed by atoms with Crippen LogP contribution in [0.25, 0.3) is 0 Å². The number of nitrogens with one attached hydrogen (secondary N) is 1. The molecule has 1 saturated heterocycles. The van der Waals surface area contributed by atoms with Gasteiger partial charge in [-0.2, -0.15) is 0 Å². The molecule has 2 heterocycles. The fourth-order valence-corrected chi connectivity index (χ4v) is 2.95. The van der Waals surface area contributed by atoms with Crippen LogP contribution in [-0.2, 0) is 11.2 Å². The summed E-state index contributed by atoms with van der Waals surface area (Å²) in [6, 6.07) is 11.8. The lowest BCUT2D eigenvalue weighted by atomic mass is 10.1. The van der Waals surface area contributed by atoms with Crippen LogP contribution in [0.4, 0.5) is 5.82 Å². The first-order valence-electron chi connectivity index (χ1n) is 8.42. The van der Waals surface area contributed by atoms with Crippen LogP contribution >= 0.6 is 0 Å². The minimum atomic E-state index is -1.06. The van der Waals surface area contributed by atoms with E-state index in [4.69, 9.17) is 0 Å². The van der Waals surface area contributed by atoms with Gasteiger partial charge in [-0.3, -0.25) is 4.79 Å². The zero-order chi connectivity index (χ0) is 17.6. The molecule has 1 amide bonds. The maximum atomic E-state index is 12.4. The van der Waals surface area contributed by atoms with Gasteiger partial charge in [0.25, 0.3) is 5.91 Å². The van der Waals surface area contributed by atoms with E-state index in [1.165, 1.54) is 6.20 Å². The third-order valence-corrected chi connectivity index (χ3v) is 4.33. The Bertz CT molecular complexity index is 725. The Labute approximate surface area is 146 Å². The van der Waals surface area contributed by atoms with Crippen LogP contribution in [-0.4, -0.2) is 41.1 Å². The Kier molecular flexibility index (Phi) is 5.28.